The summed E-state index contributed by atoms with van der Waals surface area (Å²) in [5, 5.41) is 3.17. The Morgan fingerprint density at radius 1 is 1.09 bits per heavy atom. The highest BCUT2D eigenvalue weighted by Crippen LogP contribution is 2.40. The van der Waals surface area contributed by atoms with Crippen molar-refractivity contribution in [2.45, 2.75) is 64.1 Å². The van der Waals surface area contributed by atoms with Crippen LogP contribution < -0.4 is 5.32 Å². The van der Waals surface area contributed by atoms with Crippen LogP contribution in [0.2, 0.25) is 0 Å². The fraction of sp³-hybridized carbons (Fsp3) is 0.538. The smallest absolute Gasteiger partial charge is 0.254 e. The zero-order valence-electron chi connectivity index (χ0n) is 19.2. The second-order valence-corrected chi connectivity index (χ2v) is 8.94. The first-order chi connectivity index (χ1) is 15.6. The van der Waals surface area contributed by atoms with Gasteiger partial charge in [-0.2, -0.15) is 0 Å². The summed E-state index contributed by atoms with van der Waals surface area (Å²) in [5.74, 6) is 1.20. The Balaban J connectivity index is 1.52. The van der Waals surface area contributed by atoms with E-state index in [1.165, 1.54) is 6.42 Å². The number of nitrogens with one attached hydrogen (secondary N) is 1. The zero-order valence-corrected chi connectivity index (χ0v) is 19.2. The largest absolute Gasteiger partial charge is 0.468 e. The van der Waals surface area contributed by atoms with Crippen molar-refractivity contribution in [3.05, 3.63) is 60.1 Å². The highest BCUT2D eigenvalue weighted by atomic mass is 16.3. The van der Waals surface area contributed by atoms with Crippen LogP contribution in [0.3, 0.4) is 0 Å². The molecule has 1 aromatic heterocycles. The third kappa shape index (κ3) is 4.60. The lowest BCUT2D eigenvalue weighted by Gasteiger charge is -2.34. The maximum atomic E-state index is 13.5. The Morgan fingerprint density at radius 3 is 2.53 bits per heavy atom. The van der Waals surface area contributed by atoms with Gasteiger partial charge < -0.3 is 14.6 Å². The van der Waals surface area contributed by atoms with Gasteiger partial charge in [-0.3, -0.25) is 14.5 Å². The summed E-state index contributed by atoms with van der Waals surface area (Å²) in [6.45, 7) is 6.42. The molecule has 1 aliphatic heterocycles. The summed E-state index contributed by atoms with van der Waals surface area (Å²) in [6.07, 6.45) is 6.83. The first kappa shape index (κ1) is 22.6. The summed E-state index contributed by atoms with van der Waals surface area (Å²) < 4.78 is 5.67. The molecule has 172 valence electrons. The normalized spacial score (nSPS) is 23.7. The predicted molar refractivity (Wildman–Crippen MR) is 124 cm³/mol. The van der Waals surface area contributed by atoms with E-state index in [0.717, 1.165) is 44.5 Å². The molecular formula is C26H35N3O3. The molecule has 6 nitrogen and oxygen atoms in total. The molecule has 2 aromatic rings. The lowest BCUT2D eigenvalue weighted by molar-refractivity contribution is -0.125. The van der Waals surface area contributed by atoms with Gasteiger partial charge in [0.1, 0.15) is 11.8 Å². The first-order valence-electron chi connectivity index (χ1n) is 12.1. The van der Waals surface area contributed by atoms with Crippen molar-refractivity contribution in [1.82, 2.24) is 15.1 Å². The average molecular weight is 438 g/mol. The van der Waals surface area contributed by atoms with Crippen molar-refractivity contribution in [2.24, 2.45) is 5.92 Å². The van der Waals surface area contributed by atoms with Crippen molar-refractivity contribution in [3.63, 3.8) is 0 Å². The van der Waals surface area contributed by atoms with Gasteiger partial charge in [-0.25, -0.2) is 0 Å². The summed E-state index contributed by atoms with van der Waals surface area (Å²) >= 11 is 0. The summed E-state index contributed by atoms with van der Waals surface area (Å²) in [7, 11) is 0. The molecule has 2 fully saturated rings. The number of likely N-dealkylation sites (tertiary alicyclic amines) is 1. The van der Waals surface area contributed by atoms with Crippen molar-refractivity contribution in [3.8, 4) is 0 Å². The minimum atomic E-state index is -0.412. The highest BCUT2D eigenvalue weighted by molar-refractivity contribution is 5.98. The third-order valence-corrected chi connectivity index (χ3v) is 7.24. The van der Waals surface area contributed by atoms with Crippen LogP contribution in [0.25, 0.3) is 0 Å². The molecule has 1 aromatic carbocycles. The minimum absolute atomic E-state index is 0.0218. The topological polar surface area (TPSA) is 65.8 Å². The third-order valence-electron chi connectivity index (χ3n) is 7.24. The Hall–Kier alpha value is -2.60. The SMILES string of the molecule is CCN(CC)C(CNC(=O)C1CC2CCCCC2N1C(=O)c1ccccc1)c1ccco1. The summed E-state index contributed by atoms with van der Waals surface area (Å²) in [4.78, 5) is 31.1. The van der Waals surface area contributed by atoms with Crippen molar-refractivity contribution < 1.29 is 14.0 Å². The van der Waals surface area contributed by atoms with Crippen molar-refractivity contribution in [2.75, 3.05) is 19.6 Å². The van der Waals surface area contributed by atoms with Crippen LogP contribution in [-0.2, 0) is 4.79 Å². The molecule has 32 heavy (non-hydrogen) atoms. The van der Waals surface area contributed by atoms with Crippen LogP contribution in [0.1, 0.15) is 68.1 Å². The minimum Gasteiger partial charge on any atom is -0.468 e. The molecule has 1 saturated carbocycles. The molecule has 1 aliphatic carbocycles. The van der Waals surface area contributed by atoms with Gasteiger partial charge in [0.05, 0.1) is 12.3 Å². The molecule has 1 N–H and O–H groups in total. The van der Waals surface area contributed by atoms with Crippen LogP contribution >= 0.6 is 0 Å². The molecule has 2 amide bonds. The van der Waals surface area contributed by atoms with Crippen LogP contribution in [-0.4, -0.2) is 53.3 Å². The number of nitrogens with zero attached hydrogens (tertiary/aromatic N) is 2. The number of fused-ring (bicyclic) bond motifs is 1. The number of furan rings is 1. The molecule has 6 heteroatoms. The molecular weight excluding hydrogens is 402 g/mol. The molecule has 4 atom stereocenters. The number of hydrogen-bond donors (Lipinski definition) is 1. The van der Waals surface area contributed by atoms with Gasteiger partial charge in [-0.1, -0.05) is 44.9 Å². The van der Waals surface area contributed by atoms with E-state index in [1.807, 2.05) is 47.4 Å². The van der Waals surface area contributed by atoms with E-state index in [4.69, 9.17) is 4.42 Å². The molecule has 1 saturated heterocycles. The Labute approximate surface area is 191 Å². The number of carbonyl (C=O) groups is 2. The van der Waals surface area contributed by atoms with Gasteiger partial charge in [0, 0.05) is 18.2 Å². The van der Waals surface area contributed by atoms with E-state index >= 15 is 0 Å². The number of rotatable bonds is 8. The zero-order chi connectivity index (χ0) is 22.5. The second kappa shape index (κ2) is 10.3. The van der Waals surface area contributed by atoms with Gasteiger partial charge in [0.25, 0.3) is 5.91 Å². The van der Waals surface area contributed by atoms with Crippen molar-refractivity contribution in [1.29, 1.82) is 0 Å². The van der Waals surface area contributed by atoms with E-state index in [0.29, 0.717) is 18.0 Å². The maximum Gasteiger partial charge on any atom is 0.254 e. The van der Waals surface area contributed by atoms with E-state index in [9.17, 15) is 9.59 Å². The first-order valence-corrected chi connectivity index (χ1v) is 12.1. The van der Waals surface area contributed by atoms with Crippen LogP contribution in [0.5, 0.6) is 0 Å². The fourth-order valence-corrected chi connectivity index (χ4v) is 5.59. The molecule has 4 unspecified atom stereocenters. The molecule has 2 heterocycles. The van der Waals surface area contributed by atoms with Crippen LogP contribution in [0.4, 0.5) is 0 Å². The molecule has 2 aliphatic rings. The van der Waals surface area contributed by atoms with Crippen molar-refractivity contribution >= 4 is 11.8 Å². The maximum absolute atomic E-state index is 13.5. The number of amides is 2. The predicted octanol–water partition coefficient (Wildman–Crippen LogP) is 4.25. The number of benzene rings is 1. The number of likely N-dealkylation sites (N-methyl/N-ethyl adjacent to an activating group) is 1. The Morgan fingerprint density at radius 2 is 1.84 bits per heavy atom. The summed E-state index contributed by atoms with van der Waals surface area (Å²) in [6, 6.07) is 13.0. The molecule has 4 rings (SSSR count). The second-order valence-electron chi connectivity index (χ2n) is 8.94. The highest BCUT2D eigenvalue weighted by Gasteiger charge is 2.47. The standard InChI is InChI=1S/C26H35N3O3/c1-3-28(4-2)23(24-15-10-16-32-24)18-27-25(30)22-17-20-13-8-9-14-21(20)29(22)26(31)19-11-6-5-7-12-19/h5-7,10-12,15-16,20-23H,3-4,8-9,13-14,17-18H2,1-2H3,(H,27,30). The quantitative estimate of drug-likeness (QED) is 0.670. The van der Waals surface area contributed by atoms with Gasteiger partial charge in [0.15, 0.2) is 0 Å². The Bertz CT molecular complexity index is 879. The van der Waals surface area contributed by atoms with Crippen LogP contribution in [0.15, 0.2) is 53.1 Å². The lowest BCUT2D eigenvalue weighted by Crippen LogP contribution is -2.50. The molecule has 0 spiro atoms. The monoisotopic (exact) mass is 437 g/mol. The van der Waals surface area contributed by atoms with Gasteiger partial charge in [-0.05, 0) is 62.5 Å². The number of hydrogen-bond acceptors (Lipinski definition) is 4. The van der Waals surface area contributed by atoms with Gasteiger partial charge >= 0.3 is 0 Å². The van der Waals surface area contributed by atoms with Gasteiger partial charge in [-0.15, -0.1) is 0 Å². The van der Waals surface area contributed by atoms with E-state index < -0.39 is 6.04 Å². The lowest BCUT2D eigenvalue weighted by atomic mass is 9.84. The number of carbonyl (C=O) groups excluding carboxylic acids is 2. The molecule has 0 bridgehead atoms. The van der Waals surface area contributed by atoms with E-state index in [-0.39, 0.29) is 23.9 Å². The van der Waals surface area contributed by atoms with E-state index in [1.54, 1.807) is 6.26 Å². The fourth-order valence-electron chi connectivity index (χ4n) is 5.59. The Kier molecular flexibility index (Phi) is 7.30. The summed E-state index contributed by atoms with van der Waals surface area (Å²) in [5.41, 5.74) is 0.660. The van der Waals surface area contributed by atoms with E-state index in [2.05, 4.69) is 24.1 Å². The van der Waals surface area contributed by atoms with Crippen LogP contribution in [0, 0.1) is 5.92 Å². The molecule has 0 radical (unpaired) electrons. The van der Waals surface area contributed by atoms with Gasteiger partial charge in [0.2, 0.25) is 5.91 Å². The average Bonchev–Trinajstić information content (AvgIpc) is 3.50.